The van der Waals surface area contributed by atoms with E-state index in [1.165, 1.54) is 0 Å². The van der Waals surface area contributed by atoms with Crippen LogP contribution in [0.2, 0.25) is 5.02 Å². The van der Waals surface area contributed by atoms with Crippen molar-refractivity contribution in [1.29, 1.82) is 5.26 Å². The first-order valence-electron chi connectivity index (χ1n) is 6.40. The van der Waals surface area contributed by atoms with Crippen LogP contribution >= 0.6 is 27.5 Å². The zero-order valence-electron chi connectivity index (χ0n) is 11.3. The molecular weight excluding hydrogens is 364 g/mol. The maximum absolute atomic E-state index is 9.41. The Hall–Kier alpha value is -2.29. The molecule has 0 amide bonds. The van der Waals surface area contributed by atoms with E-state index >= 15 is 0 Å². The van der Waals surface area contributed by atoms with Crippen LogP contribution in [0.4, 0.5) is 5.82 Å². The van der Waals surface area contributed by atoms with E-state index in [4.69, 9.17) is 17.3 Å². The summed E-state index contributed by atoms with van der Waals surface area (Å²) in [6.45, 7) is 0. The molecule has 0 atom stereocenters. The minimum atomic E-state index is 0.311. The van der Waals surface area contributed by atoms with Crippen LogP contribution in [-0.4, -0.2) is 9.78 Å². The molecule has 0 aliphatic rings. The molecule has 22 heavy (non-hydrogen) atoms. The Morgan fingerprint density at radius 2 is 1.91 bits per heavy atom. The minimum Gasteiger partial charge on any atom is -0.382 e. The van der Waals surface area contributed by atoms with Crippen LogP contribution in [-0.2, 0) is 0 Å². The van der Waals surface area contributed by atoms with Crippen molar-refractivity contribution in [2.75, 3.05) is 5.73 Å². The SMILES string of the molecule is N#Cc1c(-c2ccc(Cl)cc2)nn(-c2cccc(Br)c2)c1N. The highest BCUT2D eigenvalue weighted by atomic mass is 79.9. The molecule has 3 aromatic rings. The van der Waals surface area contributed by atoms with E-state index in [2.05, 4.69) is 27.1 Å². The van der Waals surface area contributed by atoms with Gasteiger partial charge in [0.2, 0.25) is 0 Å². The van der Waals surface area contributed by atoms with E-state index in [0.717, 1.165) is 15.7 Å². The highest BCUT2D eigenvalue weighted by Crippen LogP contribution is 2.30. The number of nitriles is 1. The molecule has 4 nitrogen and oxygen atoms in total. The third-order valence-corrected chi connectivity index (χ3v) is 3.95. The number of aromatic nitrogens is 2. The second kappa shape index (κ2) is 5.84. The summed E-state index contributed by atoms with van der Waals surface area (Å²) in [5.74, 6) is 0.311. The maximum atomic E-state index is 9.41. The van der Waals surface area contributed by atoms with Crippen molar-refractivity contribution in [2.45, 2.75) is 0 Å². The van der Waals surface area contributed by atoms with E-state index in [1.54, 1.807) is 16.8 Å². The van der Waals surface area contributed by atoms with Crippen molar-refractivity contribution >= 4 is 33.3 Å². The number of nitrogen functional groups attached to an aromatic ring is 1. The molecule has 108 valence electrons. The Morgan fingerprint density at radius 3 is 2.55 bits per heavy atom. The monoisotopic (exact) mass is 372 g/mol. The number of anilines is 1. The van der Waals surface area contributed by atoms with Crippen molar-refractivity contribution in [2.24, 2.45) is 0 Å². The second-order valence-electron chi connectivity index (χ2n) is 4.62. The lowest BCUT2D eigenvalue weighted by atomic mass is 10.1. The van der Waals surface area contributed by atoms with Crippen molar-refractivity contribution in [1.82, 2.24) is 9.78 Å². The first-order chi connectivity index (χ1) is 10.6. The Kier molecular flexibility index (Phi) is 3.88. The summed E-state index contributed by atoms with van der Waals surface area (Å²) in [5.41, 5.74) is 8.56. The molecule has 0 saturated heterocycles. The molecule has 0 aliphatic heterocycles. The average molecular weight is 374 g/mol. The zero-order chi connectivity index (χ0) is 15.7. The van der Waals surface area contributed by atoms with Gasteiger partial charge in [-0.05, 0) is 30.3 Å². The van der Waals surface area contributed by atoms with Gasteiger partial charge in [0, 0.05) is 15.1 Å². The van der Waals surface area contributed by atoms with Crippen LogP contribution in [0.3, 0.4) is 0 Å². The molecule has 0 fully saturated rings. The number of nitrogens with two attached hydrogens (primary N) is 1. The van der Waals surface area contributed by atoms with Crippen LogP contribution in [0.25, 0.3) is 16.9 Å². The van der Waals surface area contributed by atoms with Crippen molar-refractivity contribution < 1.29 is 0 Å². The van der Waals surface area contributed by atoms with Gasteiger partial charge in [-0.1, -0.05) is 45.7 Å². The van der Waals surface area contributed by atoms with E-state index in [9.17, 15) is 5.26 Å². The minimum absolute atomic E-state index is 0.311. The van der Waals surface area contributed by atoms with Gasteiger partial charge >= 0.3 is 0 Å². The fraction of sp³-hybridized carbons (Fsp3) is 0. The Morgan fingerprint density at radius 1 is 1.18 bits per heavy atom. The van der Waals surface area contributed by atoms with Gasteiger partial charge in [0.05, 0.1) is 5.69 Å². The highest BCUT2D eigenvalue weighted by molar-refractivity contribution is 9.10. The van der Waals surface area contributed by atoms with Gasteiger partial charge in [0.1, 0.15) is 23.1 Å². The molecule has 3 rings (SSSR count). The van der Waals surface area contributed by atoms with E-state index < -0.39 is 0 Å². The van der Waals surface area contributed by atoms with E-state index in [-0.39, 0.29) is 0 Å². The fourth-order valence-corrected chi connectivity index (χ4v) is 2.67. The van der Waals surface area contributed by atoms with Gasteiger partial charge in [0.25, 0.3) is 0 Å². The van der Waals surface area contributed by atoms with Gasteiger partial charge < -0.3 is 5.73 Å². The molecule has 2 N–H and O–H groups in total. The molecule has 1 heterocycles. The second-order valence-corrected chi connectivity index (χ2v) is 5.97. The fourth-order valence-electron chi connectivity index (χ4n) is 2.16. The maximum Gasteiger partial charge on any atom is 0.145 e. The van der Waals surface area contributed by atoms with Gasteiger partial charge in [-0.15, -0.1) is 0 Å². The number of hydrogen-bond donors (Lipinski definition) is 1. The summed E-state index contributed by atoms with van der Waals surface area (Å²) in [7, 11) is 0. The molecule has 0 saturated carbocycles. The summed E-state index contributed by atoms with van der Waals surface area (Å²) in [6, 6.07) is 16.8. The predicted molar refractivity (Wildman–Crippen MR) is 90.8 cm³/mol. The Balaban J connectivity index is 2.19. The summed E-state index contributed by atoms with van der Waals surface area (Å²) >= 11 is 9.32. The van der Waals surface area contributed by atoms with Crippen molar-refractivity contribution in [3.63, 3.8) is 0 Å². The van der Waals surface area contributed by atoms with Crippen LogP contribution < -0.4 is 5.73 Å². The zero-order valence-corrected chi connectivity index (χ0v) is 13.6. The smallest absolute Gasteiger partial charge is 0.145 e. The van der Waals surface area contributed by atoms with E-state index in [1.807, 2.05) is 36.4 Å². The third kappa shape index (κ3) is 2.59. The first-order valence-corrected chi connectivity index (χ1v) is 7.57. The normalized spacial score (nSPS) is 10.4. The molecule has 6 heteroatoms. The highest BCUT2D eigenvalue weighted by Gasteiger charge is 2.18. The third-order valence-electron chi connectivity index (χ3n) is 3.20. The van der Waals surface area contributed by atoms with Crippen LogP contribution in [0.5, 0.6) is 0 Å². The average Bonchev–Trinajstić information content (AvgIpc) is 2.85. The molecular formula is C16H10BrClN4. The molecule has 0 spiro atoms. The topological polar surface area (TPSA) is 67.6 Å². The lowest BCUT2D eigenvalue weighted by Crippen LogP contribution is -2.02. The van der Waals surface area contributed by atoms with Gasteiger partial charge in [-0.25, -0.2) is 4.68 Å². The van der Waals surface area contributed by atoms with Crippen molar-refractivity contribution in [3.8, 4) is 23.0 Å². The van der Waals surface area contributed by atoms with Crippen molar-refractivity contribution in [3.05, 3.63) is 63.6 Å². The largest absolute Gasteiger partial charge is 0.382 e. The standard InChI is InChI=1S/C16H10BrClN4/c17-11-2-1-3-13(8-11)22-16(20)14(9-19)15(21-22)10-4-6-12(18)7-5-10/h1-8H,20H2. The molecule has 2 aromatic carbocycles. The summed E-state index contributed by atoms with van der Waals surface area (Å²) in [6.07, 6.45) is 0. The van der Waals surface area contributed by atoms with Crippen LogP contribution in [0.1, 0.15) is 5.56 Å². The number of benzene rings is 2. The molecule has 0 aliphatic carbocycles. The molecule has 0 bridgehead atoms. The number of halogens is 2. The Bertz CT molecular complexity index is 878. The molecule has 1 aromatic heterocycles. The van der Waals surface area contributed by atoms with Crippen LogP contribution in [0, 0.1) is 11.3 Å². The number of hydrogen-bond acceptors (Lipinski definition) is 3. The quantitative estimate of drug-likeness (QED) is 0.723. The first kappa shape index (κ1) is 14.6. The molecule has 0 radical (unpaired) electrons. The summed E-state index contributed by atoms with van der Waals surface area (Å²) < 4.78 is 2.47. The lowest BCUT2D eigenvalue weighted by molar-refractivity contribution is 0.894. The predicted octanol–water partition coefficient (Wildman–Crippen LogP) is 4.41. The van der Waals surface area contributed by atoms with Crippen LogP contribution in [0.15, 0.2) is 53.0 Å². The summed E-state index contributed by atoms with van der Waals surface area (Å²) in [4.78, 5) is 0. The van der Waals surface area contributed by atoms with E-state index in [0.29, 0.717) is 22.1 Å². The van der Waals surface area contributed by atoms with Gasteiger partial charge in [0.15, 0.2) is 0 Å². The number of rotatable bonds is 2. The van der Waals surface area contributed by atoms with Gasteiger partial charge in [-0.2, -0.15) is 10.4 Å². The lowest BCUT2D eigenvalue weighted by Gasteiger charge is -2.03. The molecule has 0 unspecified atom stereocenters. The Labute approximate surface area is 140 Å². The summed E-state index contributed by atoms with van der Waals surface area (Å²) in [5, 5.41) is 14.5. The number of nitrogens with zero attached hydrogens (tertiary/aromatic N) is 3. The van der Waals surface area contributed by atoms with Gasteiger partial charge in [-0.3, -0.25) is 0 Å².